The fraction of sp³-hybridized carbons (Fsp3) is 0.421. The SMILES string of the molecule is Cc1cccc(C(=O)NC2CC(n3cnc4c(NCCCN5CCN(C(=O)CNc6cccc7c6C(=O)N([C@@H]6CCC(=O)NC6=O)C7=O)CC5)ncnc43)C2)n1. The summed E-state index contributed by atoms with van der Waals surface area (Å²) in [6.45, 7) is 5.85. The number of carbonyl (C=O) groups excluding carboxylic acids is 6. The predicted octanol–water partition coefficient (Wildman–Crippen LogP) is 1.12. The number of piperidine rings is 1. The number of pyridine rings is 1. The average molecular weight is 763 g/mol. The van der Waals surface area contributed by atoms with Crippen molar-refractivity contribution in [3.63, 3.8) is 0 Å². The highest BCUT2D eigenvalue weighted by atomic mass is 16.2. The first kappa shape index (κ1) is 36.7. The molecule has 0 radical (unpaired) electrons. The number of hydrogen-bond acceptors (Lipinski definition) is 13. The minimum atomic E-state index is -1.06. The maximum absolute atomic E-state index is 13.4. The number of hydrogen-bond donors (Lipinski definition) is 4. The topological polar surface area (TPSA) is 217 Å². The van der Waals surface area contributed by atoms with Crippen LogP contribution < -0.4 is 21.3 Å². The van der Waals surface area contributed by atoms with E-state index in [2.05, 4.69) is 50.7 Å². The van der Waals surface area contributed by atoms with Crippen LogP contribution in [0.1, 0.15) is 75.0 Å². The Labute approximate surface area is 321 Å². The number of benzene rings is 1. The molecule has 56 heavy (non-hydrogen) atoms. The van der Waals surface area contributed by atoms with Gasteiger partial charge in [-0.15, -0.1) is 0 Å². The molecule has 290 valence electrons. The standard InChI is InChI=1S/C38H42N12O6/c1-22-5-2-8-27(44-22)35(53)45-23-17-24(18-23)49-21-43-32-33(41-20-42-34(32)49)39-11-4-12-47-13-15-48(16-14-47)30(52)19-40-26-7-3-6-25-31(26)38(56)50(37(25)55)28-9-10-29(51)46-36(28)54/h2-3,5-8,20-21,23-24,28,40H,4,9-19H2,1H3,(H,45,53)(H,39,41,42)(H,46,51,54)/t23?,24?,28-/m1/s1. The summed E-state index contributed by atoms with van der Waals surface area (Å²) in [6.07, 6.45) is 5.83. The van der Waals surface area contributed by atoms with Crippen molar-refractivity contribution in [1.29, 1.82) is 0 Å². The Kier molecular flexibility index (Phi) is 10.1. The number of aryl methyl sites for hydroxylation is 1. The van der Waals surface area contributed by atoms with Gasteiger partial charge in [-0.2, -0.15) is 0 Å². The molecule has 0 unspecified atom stereocenters. The molecule has 18 heteroatoms. The van der Waals surface area contributed by atoms with Crippen molar-refractivity contribution < 1.29 is 28.8 Å². The van der Waals surface area contributed by atoms with Crippen molar-refractivity contribution in [2.75, 3.05) is 56.4 Å². The van der Waals surface area contributed by atoms with E-state index in [0.29, 0.717) is 55.4 Å². The average Bonchev–Trinajstić information content (AvgIpc) is 3.72. The lowest BCUT2D eigenvalue weighted by Gasteiger charge is -2.36. The second-order valence-electron chi connectivity index (χ2n) is 14.5. The molecule has 2 saturated heterocycles. The Morgan fingerprint density at radius 1 is 0.929 bits per heavy atom. The zero-order chi connectivity index (χ0) is 38.9. The quantitative estimate of drug-likeness (QED) is 0.118. The maximum Gasteiger partial charge on any atom is 0.270 e. The van der Waals surface area contributed by atoms with Crippen LogP contribution in [0, 0.1) is 6.92 Å². The van der Waals surface area contributed by atoms with Crippen LogP contribution in [0.25, 0.3) is 11.2 Å². The van der Waals surface area contributed by atoms with Crippen LogP contribution in [-0.4, -0.2) is 133 Å². The highest BCUT2D eigenvalue weighted by Gasteiger charge is 2.45. The van der Waals surface area contributed by atoms with E-state index in [9.17, 15) is 28.8 Å². The Hall–Kier alpha value is -6.30. The van der Waals surface area contributed by atoms with Crippen LogP contribution in [-0.2, 0) is 14.4 Å². The number of nitrogens with one attached hydrogen (secondary N) is 4. The lowest BCUT2D eigenvalue weighted by molar-refractivity contribution is -0.136. The van der Waals surface area contributed by atoms with Gasteiger partial charge in [0, 0.05) is 62.6 Å². The Morgan fingerprint density at radius 2 is 1.73 bits per heavy atom. The van der Waals surface area contributed by atoms with Gasteiger partial charge in [-0.3, -0.25) is 43.9 Å². The largest absolute Gasteiger partial charge is 0.375 e. The molecular formula is C38H42N12O6. The smallest absolute Gasteiger partial charge is 0.270 e. The van der Waals surface area contributed by atoms with Gasteiger partial charge in [-0.05, 0) is 63.4 Å². The summed E-state index contributed by atoms with van der Waals surface area (Å²) in [5, 5.41) is 11.7. The third kappa shape index (κ3) is 7.26. The summed E-state index contributed by atoms with van der Waals surface area (Å²) >= 11 is 0. The van der Waals surface area contributed by atoms with Crippen molar-refractivity contribution in [2.24, 2.45) is 0 Å². The molecule has 1 aliphatic carbocycles. The van der Waals surface area contributed by atoms with E-state index in [1.807, 2.05) is 19.1 Å². The number of piperazine rings is 1. The van der Waals surface area contributed by atoms with E-state index in [-0.39, 0.29) is 54.4 Å². The van der Waals surface area contributed by atoms with E-state index in [1.54, 1.807) is 29.4 Å². The van der Waals surface area contributed by atoms with Crippen molar-refractivity contribution in [2.45, 2.75) is 57.2 Å². The first-order chi connectivity index (χ1) is 27.1. The number of aromatic nitrogens is 5. The summed E-state index contributed by atoms with van der Waals surface area (Å²) in [7, 11) is 0. The summed E-state index contributed by atoms with van der Waals surface area (Å²) in [5.41, 5.74) is 3.29. The van der Waals surface area contributed by atoms with Crippen LogP contribution in [0.5, 0.6) is 0 Å². The van der Waals surface area contributed by atoms with E-state index >= 15 is 0 Å². The summed E-state index contributed by atoms with van der Waals surface area (Å²) < 4.78 is 2.05. The summed E-state index contributed by atoms with van der Waals surface area (Å²) in [6, 6.07) is 9.35. The predicted molar refractivity (Wildman–Crippen MR) is 202 cm³/mol. The molecule has 3 aliphatic heterocycles. The molecule has 4 aromatic rings. The molecule has 1 aromatic carbocycles. The third-order valence-corrected chi connectivity index (χ3v) is 10.9. The molecular weight excluding hydrogens is 720 g/mol. The van der Waals surface area contributed by atoms with Gasteiger partial charge in [0.1, 0.15) is 23.6 Å². The highest BCUT2D eigenvalue weighted by molar-refractivity contribution is 6.25. The van der Waals surface area contributed by atoms with Crippen molar-refractivity contribution in [1.82, 2.24) is 49.8 Å². The maximum atomic E-state index is 13.4. The fourth-order valence-electron chi connectivity index (χ4n) is 7.79. The number of imidazole rings is 1. The van der Waals surface area contributed by atoms with Gasteiger partial charge in [0.15, 0.2) is 11.5 Å². The molecule has 1 saturated carbocycles. The molecule has 18 nitrogen and oxygen atoms in total. The first-order valence-electron chi connectivity index (χ1n) is 18.9. The van der Waals surface area contributed by atoms with Crippen molar-refractivity contribution in [3.8, 4) is 0 Å². The minimum absolute atomic E-state index is 0.0358. The zero-order valence-corrected chi connectivity index (χ0v) is 30.9. The van der Waals surface area contributed by atoms with E-state index < -0.39 is 29.7 Å². The van der Waals surface area contributed by atoms with Gasteiger partial charge in [0.05, 0.1) is 24.0 Å². The van der Waals surface area contributed by atoms with Gasteiger partial charge in [0.2, 0.25) is 17.7 Å². The Bertz CT molecular complexity index is 2230. The molecule has 3 fully saturated rings. The highest BCUT2D eigenvalue weighted by Crippen LogP contribution is 2.35. The molecule has 3 aromatic heterocycles. The van der Waals surface area contributed by atoms with E-state index in [4.69, 9.17) is 0 Å². The van der Waals surface area contributed by atoms with Crippen LogP contribution in [0.3, 0.4) is 0 Å². The summed E-state index contributed by atoms with van der Waals surface area (Å²) in [5.74, 6) is -1.96. The molecule has 6 amide bonds. The Morgan fingerprint density at radius 3 is 2.52 bits per heavy atom. The van der Waals surface area contributed by atoms with Gasteiger partial charge in [0.25, 0.3) is 17.7 Å². The normalized spacial score (nSPS) is 21.1. The van der Waals surface area contributed by atoms with Crippen LogP contribution >= 0.6 is 0 Å². The number of amides is 6. The number of carbonyl (C=O) groups is 6. The van der Waals surface area contributed by atoms with Gasteiger partial charge in [-0.1, -0.05) is 12.1 Å². The molecule has 6 heterocycles. The zero-order valence-electron chi connectivity index (χ0n) is 30.9. The molecule has 0 bridgehead atoms. The lowest BCUT2D eigenvalue weighted by Crippen LogP contribution is -2.54. The van der Waals surface area contributed by atoms with Gasteiger partial charge < -0.3 is 25.4 Å². The van der Waals surface area contributed by atoms with E-state index in [0.717, 1.165) is 42.0 Å². The molecule has 8 rings (SSSR count). The number of nitrogens with zero attached hydrogens (tertiary/aromatic N) is 8. The number of rotatable bonds is 12. The number of anilines is 2. The van der Waals surface area contributed by atoms with Crippen molar-refractivity contribution in [3.05, 3.63) is 71.6 Å². The third-order valence-electron chi connectivity index (χ3n) is 10.9. The van der Waals surface area contributed by atoms with Gasteiger partial charge in [-0.25, -0.2) is 19.9 Å². The second-order valence-corrected chi connectivity index (χ2v) is 14.5. The monoisotopic (exact) mass is 762 g/mol. The molecule has 4 aliphatic rings. The first-order valence-corrected chi connectivity index (χ1v) is 18.9. The second kappa shape index (κ2) is 15.4. The minimum Gasteiger partial charge on any atom is -0.375 e. The lowest BCUT2D eigenvalue weighted by atomic mass is 9.86. The Balaban J connectivity index is 0.766. The molecule has 4 N–H and O–H groups in total. The fourth-order valence-corrected chi connectivity index (χ4v) is 7.79. The van der Waals surface area contributed by atoms with Crippen LogP contribution in [0.4, 0.5) is 11.5 Å². The van der Waals surface area contributed by atoms with Crippen molar-refractivity contribution >= 4 is 58.1 Å². The number of imide groups is 2. The summed E-state index contributed by atoms with van der Waals surface area (Å²) in [4.78, 5) is 99.2. The number of fused-ring (bicyclic) bond motifs is 2. The molecule has 1 atom stereocenters. The van der Waals surface area contributed by atoms with E-state index in [1.165, 1.54) is 12.4 Å². The van der Waals surface area contributed by atoms with Crippen LogP contribution in [0.15, 0.2) is 49.1 Å². The van der Waals surface area contributed by atoms with Crippen LogP contribution in [0.2, 0.25) is 0 Å². The molecule has 0 spiro atoms. The van der Waals surface area contributed by atoms with Gasteiger partial charge >= 0.3 is 0 Å².